The second-order valence-electron chi connectivity index (χ2n) is 8.31. The number of carbonyl (C=O) groups excluding carboxylic acids is 2. The number of fused-ring (bicyclic) bond motifs is 1. The SMILES string of the molecule is CCOC(=O)c1c(NC(=O)c2ccc(Cl)c(S(=O)(=O)Nc3cc(C)ccc3C)c2)sc2c1CCC2. The van der Waals surface area contributed by atoms with Crippen molar-refractivity contribution in [1.82, 2.24) is 0 Å². The van der Waals surface area contributed by atoms with E-state index in [2.05, 4.69) is 10.0 Å². The van der Waals surface area contributed by atoms with E-state index in [9.17, 15) is 18.0 Å². The third-order valence-electron chi connectivity index (χ3n) is 5.75. The lowest BCUT2D eigenvalue weighted by Gasteiger charge is -2.13. The van der Waals surface area contributed by atoms with E-state index in [0.717, 1.165) is 40.8 Å². The average molecular weight is 533 g/mol. The average Bonchev–Trinajstić information content (AvgIpc) is 3.37. The zero-order valence-corrected chi connectivity index (χ0v) is 21.9. The van der Waals surface area contributed by atoms with Crippen molar-refractivity contribution in [2.45, 2.75) is 44.9 Å². The topological polar surface area (TPSA) is 102 Å². The Balaban J connectivity index is 1.64. The molecule has 1 aliphatic rings. The summed E-state index contributed by atoms with van der Waals surface area (Å²) >= 11 is 7.58. The van der Waals surface area contributed by atoms with Crippen LogP contribution in [0.3, 0.4) is 0 Å². The number of nitrogens with one attached hydrogen (secondary N) is 2. The molecular formula is C25H25ClN2O5S2. The van der Waals surface area contributed by atoms with E-state index in [-0.39, 0.29) is 22.1 Å². The summed E-state index contributed by atoms with van der Waals surface area (Å²) in [4.78, 5) is 26.5. The van der Waals surface area contributed by atoms with Crippen LogP contribution in [-0.4, -0.2) is 26.9 Å². The van der Waals surface area contributed by atoms with Crippen LogP contribution in [0.25, 0.3) is 0 Å². The zero-order valence-electron chi connectivity index (χ0n) is 19.5. The number of amides is 1. The van der Waals surface area contributed by atoms with Crippen LogP contribution in [0.4, 0.5) is 10.7 Å². The van der Waals surface area contributed by atoms with E-state index in [4.69, 9.17) is 16.3 Å². The molecule has 1 aromatic heterocycles. The number of hydrogen-bond acceptors (Lipinski definition) is 6. The van der Waals surface area contributed by atoms with Gasteiger partial charge in [0.1, 0.15) is 9.90 Å². The van der Waals surface area contributed by atoms with Crippen molar-refractivity contribution in [3.63, 3.8) is 0 Å². The molecule has 0 radical (unpaired) electrons. The lowest BCUT2D eigenvalue weighted by molar-refractivity contribution is 0.0527. The van der Waals surface area contributed by atoms with Crippen LogP contribution in [-0.2, 0) is 27.6 Å². The summed E-state index contributed by atoms with van der Waals surface area (Å²) in [5.41, 5.74) is 3.48. The minimum Gasteiger partial charge on any atom is -0.462 e. The first-order valence-electron chi connectivity index (χ1n) is 11.1. The molecule has 0 spiro atoms. The normalized spacial score (nSPS) is 12.8. The molecule has 0 bridgehead atoms. The third kappa shape index (κ3) is 5.22. The Morgan fingerprint density at radius 2 is 1.89 bits per heavy atom. The second-order valence-corrected chi connectivity index (χ2v) is 11.5. The number of sulfonamides is 1. The first-order valence-corrected chi connectivity index (χ1v) is 13.8. The van der Waals surface area contributed by atoms with Gasteiger partial charge in [-0.15, -0.1) is 11.3 Å². The number of ether oxygens (including phenoxy) is 1. The van der Waals surface area contributed by atoms with Crippen LogP contribution in [0, 0.1) is 13.8 Å². The van der Waals surface area contributed by atoms with Crippen molar-refractivity contribution in [2.24, 2.45) is 0 Å². The molecule has 0 atom stereocenters. The number of anilines is 2. The Bertz CT molecular complexity index is 1430. The highest BCUT2D eigenvalue weighted by Gasteiger charge is 2.29. The molecule has 0 fully saturated rings. The van der Waals surface area contributed by atoms with Crippen molar-refractivity contribution in [1.29, 1.82) is 0 Å². The van der Waals surface area contributed by atoms with Gasteiger partial charge in [-0.25, -0.2) is 13.2 Å². The Kier molecular flexibility index (Phi) is 7.21. The molecule has 10 heteroatoms. The third-order valence-corrected chi connectivity index (χ3v) is 8.80. The fraction of sp³-hybridized carbons (Fsp3) is 0.280. The van der Waals surface area contributed by atoms with Crippen molar-refractivity contribution in [2.75, 3.05) is 16.6 Å². The number of carbonyl (C=O) groups is 2. The van der Waals surface area contributed by atoms with E-state index in [0.29, 0.717) is 16.3 Å². The summed E-state index contributed by atoms with van der Waals surface area (Å²) in [6.45, 7) is 5.61. The second kappa shape index (κ2) is 10.0. The minimum atomic E-state index is -4.07. The summed E-state index contributed by atoms with van der Waals surface area (Å²) < 4.78 is 34.1. The number of hydrogen-bond donors (Lipinski definition) is 2. The van der Waals surface area contributed by atoms with Crippen molar-refractivity contribution in [3.8, 4) is 0 Å². The minimum absolute atomic E-state index is 0.0123. The molecular weight excluding hydrogens is 508 g/mol. The maximum atomic E-state index is 13.1. The molecule has 2 N–H and O–H groups in total. The highest BCUT2D eigenvalue weighted by molar-refractivity contribution is 7.92. The maximum absolute atomic E-state index is 13.1. The van der Waals surface area contributed by atoms with E-state index in [1.165, 1.54) is 29.5 Å². The summed E-state index contributed by atoms with van der Waals surface area (Å²) in [7, 11) is -4.07. The Morgan fingerprint density at radius 3 is 2.63 bits per heavy atom. The molecule has 1 aliphatic carbocycles. The quantitative estimate of drug-likeness (QED) is 0.378. The first kappa shape index (κ1) is 25.2. The molecule has 35 heavy (non-hydrogen) atoms. The predicted octanol–water partition coefficient (Wildman–Crippen LogP) is 5.74. The monoisotopic (exact) mass is 532 g/mol. The molecule has 1 amide bonds. The molecule has 1 heterocycles. The number of esters is 1. The van der Waals surface area contributed by atoms with Crippen LogP contribution in [0.2, 0.25) is 5.02 Å². The van der Waals surface area contributed by atoms with Crippen LogP contribution in [0.5, 0.6) is 0 Å². The number of thiophene rings is 1. The number of rotatable bonds is 7. The van der Waals surface area contributed by atoms with Gasteiger partial charge in [0.15, 0.2) is 0 Å². The van der Waals surface area contributed by atoms with E-state index >= 15 is 0 Å². The number of benzene rings is 2. The van der Waals surface area contributed by atoms with Gasteiger partial charge in [0.25, 0.3) is 15.9 Å². The lowest BCUT2D eigenvalue weighted by atomic mass is 10.1. The Hall–Kier alpha value is -2.88. The zero-order chi connectivity index (χ0) is 25.3. The van der Waals surface area contributed by atoms with Crippen LogP contribution in [0.1, 0.15) is 55.6 Å². The van der Waals surface area contributed by atoms with Crippen molar-refractivity contribution in [3.05, 3.63) is 74.1 Å². The Labute approximate surface area is 213 Å². The smallest absolute Gasteiger partial charge is 0.341 e. The van der Waals surface area contributed by atoms with Gasteiger partial charge in [0.05, 0.1) is 22.9 Å². The van der Waals surface area contributed by atoms with Gasteiger partial charge in [-0.05, 0) is 81.0 Å². The highest BCUT2D eigenvalue weighted by atomic mass is 35.5. The lowest BCUT2D eigenvalue weighted by Crippen LogP contribution is -2.18. The molecule has 0 aliphatic heterocycles. The first-order chi connectivity index (χ1) is 16.6. The molecule has 184 valence electrons. The van der Waals surface area contributed by atoms with Gasteiger partial charge in [0.2, 0.25) is 0 Å². The molecule has 7 nitrogen and oxygen atoms in total. The van der Waals surface area contributed by atoms with Gasteiger partial charge >= 0.3 is 5.97 Å². The van der Waals surface area contributed by atoms with Gasteiger partial charge in [-0.1, -0.05) is 23.7 Å². The largest absolute Gasteiger partial charge is 0.462 e. The molecule has 0 unspecified atom stereocenters. The van der Waals surface area contributed by atoms with Gasteiger partial charge in [-0.2, -0.15) is 0 Å². The highest BCUT2D eigenvalue weighted by Crippen LogP contribution is 2.40. The summed E-state index contributed by atoms with van der Waals surface area (Å²) in [6.07, 6.45) is 2.55. The van der Waals surface area contributed by atoms with Crippen LogP contribution < -0.4 is 10.0 Å². The molecule has 0 saturated heterocycles. The van der Waals surface area contributed by atoms with Gasteiger partial charge in [0, 0.05) is 10.4 Å². The van der Waals surface area contributed by atoms with E-state index in [1.807, 2.05) is 19.1 Å². The number of halogens is 1. The fourth-order valence-corrected chi connectivity index (χ4v) is 6.90. The van der Waals surface area contributed by atoms with Crippen molar-refractivity contribution >= 4 is 55.5 Å². The van der Waals surface area contributed by atoms with E-state index in [1.54, 1.807) is 19.9 Å². The summed E-state index contributed by atoms with van der Waals surface area (Å²) in [5, 5.41) is 3.18. The van der Waals surface area contributed by atoms with Gasteiger partial charge in [-0.3, -0.25) is 9.52 Å². The van der Waals surface area contributed by atoms with Crippen LogP contribution >= 0.6 is 22.9 Å². The molecule has 0 saturated carbocycles. The summed E-state index contributed by atoms with van der Waals surface area (Å²) in [6, 6.07) is 9.48. The van der Waals surface area contributed by atoms with E-state index < -0.39 is 21.9 Å². The molecule has 3 aromatic rings. The Morgan fingerprint density at radius 1 is 1.11 bits per heavy atom. The summed E-state index contributed by atoms with van der Waals surface area (Å²) in [5.74, 6) is -1.02. The maximum Gasteiger partial charge on any atom is 0.341 e. The van der Waals surface area contributed by atoms with Gasteiger partial charge < -0.3 is 10.1 Å². The molecule has 2 aromatic carbocycles. The molecule has 4 rings (SSSR count). The number of aryl methyl sites for hydroxylation is 3. The van der Waals surface area contributed by atoms with Crippen LogP contribution in [0.15, 0.2) is 41.3 Å². The van der Waals surface area contributed by atoms with Crippen molar-refractivity contribution < 1.29 is 22.7 Å². The standard InChI is InChI=1S/C25H25ClN2O5S2/c1-4-33-25(30)22-17-6-5-7-20(17)34-24(22)27-23(29)16-10-11-18(26)21(13-16)35(31,32)28-19-12-14(2)8-9-15(19)3/h8-13,28H,4-7H2,1-3H3,(H,27,29). The predicted molar refractivity (Wildman–Crippen MR) is 138 cm³/mol. The fourth-order valence-electron chi connectivity index (χ4n) is 3.98.